The molecule has 0 spiro atoms. The van der Waals surface area contributed by atoms with Gasteiger partial charge in [0.05, 0.1) is 14.2 Å². The Bertz CT molecular complexity index is 382. The first kappa shape index (κ1) is 15.1. The normalized spacial score (nSPS) is 12.5. The molecule has 0 aliphatic carbocycles. The van der Waals surface area contributed by atoms with Crippen LogP contribution in [-0.2, 0) is 9.53 Å². The number of rotatable bonds is 6. The Hall–Kier alpha value is 0.0900. The molecule has 1 heterocycles. The minimum atomic E-state index is -0.148. The van der Waals surface area contributed by atoms with Gasteiger partial charge in [0.15, 0.2) is 0 Å². The van der Waals surface area contributed by atoms with Crippen LogP contribution in [0.3, 0.4) is 0 Å². The smallest absolute Gasteiger partial charge is 0.305 e. The maximum absolute atomic E-state index is 11.2. The fraction of sp³-hybridized carbons (Fsp3) is 0.545. The Kier molecular flexibility index (Phi) is 6.69. The van der Waals surface area contributed by atoms with E-state index in [4.69, 9.17) is 10.5 Å². The van der Waals surface area contributed by atoms with Gasteiger partial charge >= 0.3 is 5.97 Å². The van der Waals surface area contributed by atoms with Crippen molar-refractivity contribution in [3.63, 3.8) is 0 Å². The SMILES string of the molecule is CCOC(=O)CCCC(N)c1cc(Br)sc1Br. The first-order valence-corrected chi connectivity index (χ1v) is 7.80. The van der Waals surface area contributed by atoms with Crippen molar-refractivity contribution in [2.75, 3.05) is 6.61 Å². The predicted octanol–water partition coefficient (Wildman–Crippen LogP) is 4.01. The van der Waals surface area contributed by atoms with Crippen molar-refractivity contribution >= 4 is 49.2 Å². The molecule has 6 heteroatoms. The average Bonchev–Trinajstić information content (AvgIpc) is 2.58. The molecule has 0 saturated heterocycles. The van der Waals surface area contributed by atoms with Crippen LogP contribution in [0.1, 0.15) is 37.8 Å². The highest BCUT2D eigenvalue weighted by atomic mass is 79.9. The second-order valence-electron chi connectivity index (χ2n) is 3.58. The topological polar surface area (TPSA) is 52.3 Å². The monoisotopic (exact) mass is 383 g/mol. The number of thiophene rings is 1. The number of ether oxygens (including phenoxy) is 1. The van der Waals surface area contributed by atoms with Crippen molar-refractivity contribution in [2.45, 2.75) is 32.2 Å². The number of carbonyl (C=O) groups is 1. The molecule has 1 rings (SSSR count). The van der Waals surface area contributed by atoms with Crippen LogP contribution in [0, 0.1) is 0 Å². The van der Waals surface area contributed by atoms with Crippen molar-refractivity contribution in [2.24, 2.45) is 5.73 Å². The molecular formula is C11H15Br2NO2S. The summed E-state index contributed by atoms with van der Waals surface area (Å²) in [5.74, 6) is -0.148. The van der Waals surface area contributed by atoms with E-state index in [-0.39, 0.29) is 12.0 Å². The van der Waals surface area contributed by atoms with E-state index in [1.807, 2.05) is 13.0 Å². The van der Waals surface area contributed by atoms with Crippen molar-refractivity contribution in [3.8, 4) is 0 Å². The number of hydrogen-bond donors (Lipinski definition) is 1. The summed E-state index contributed by atoms with van der Waals surface area (Å²) in [7, 11) is 0. The second kappa shape index (κ2) is 7.51. The van der Waals surface area contributed by atoms with Crippen molar-refractivity contribution in [3.05, 3.63) is 19.2 Å². The molecule has 0 aliphatic heterocycles. The lowest BCUT2D eigenvalue weighted by molar-refractivity contribution is -0.143. The molecule has 0 aromatic carbocycles. The molecular weight excluding hydrogens is 370 g/mol. The average molecular weight is 385 g/mol. The molecule has 3 nitrogen and oxygen atoms in total. The fourth-order valence-electron chi connectivity index (χ4n) is 1.46. The lowest BCUT2D eigenvalue weighted by Crippen LogP contribution is -2.11. The van der Waals surface area contributed by atoms with Crippen LogP contribution in [0.5, 0.6) is 0 Å². The number of hydrogen-bond acceptors (Lipinski definition) is 4. The molecule has 0 fully saturated rings. The van der Waals surface area contributed by atoms with Gasteiger partial charge in [0.2, 0.25) is 0 Å². The molecule has 0 bridgehead atoms. The van der Waals surface area contributed by atoms with E-state index in [1.54, 1.807) is 11.3 Å². The number of carbonyl (C=O) groups excluding carboxylic acids is 1. The summed E-state index contributed by atoms with van der Waals surface area (Å²) in [6, 6.07) is 1.98. The van der Waals surface area contributed by atoms with Crippen LogP contribution in [0.2, 0.25) is 0 Å². The maximum Gasteiger partial charge on any atom is 0.305 e. The van der Waals surface area contributed by atoms with Gasteiger partial charge in [0.1, 0.15) is 0 Å². The van der Waals surface area contributed by atoms with Gasteiger partial charge in [-0.15, -0.1) is 11.3 Å². The molecule has 0 aliphatic rings. The van der Waals surface area contributed by atoms with Crippen molar-refractivity contribution in [1.82, 2.24) is 0 Å². The van der Waals surface area contributed by atoms with E-state index in [2.05, 4.69) is 31.9 Å². The third kappa shape index (κ3) is 5.07. The second-order valence-corrected chi connectivity index (χ2v) is 7.33. The molecule has 2 N–H and O–H groups in total. The Morgan fingerprint density at radius 3 is 2.82 bits per heavy atom. The van der Waals surface area contributed by atoms with Gasteiger partial charge < -0.3 is 10.5 Å². The van der Waals surface area contributed by atoms with E-state index in [0.717, 1.165) is 26.0 Å². The Morgan fingerprint density at radius 2 is 2.29 bits per heavy atom. The first-order valence-electron chi connectivity index (χ1n) is 5.40. The quantitative estimate of drug-likeness (QED) is 0.754. The van der Waals surface area contributed by atoms with Gasteiger partial charge in [-0.25, -0.2) is 0 Å². The largest absolute Gasteiger partial charge is 0.466 e. The van der Waals surface area contributed by atoms with Crippen LogP contribution < -0.4 is 5.73 Å². The zero-order chi connectivity index (χ0) is 12.8. The van der Waals surface area contributed by atoms with Gasteiger partial charge in [-0.05, 0) is 63.3 Å². The zero-order valence-corrected chi connectivity index (χ0v) is 13.5. The van der Waals surface area contributed by atoms with E-state index in [1.165, 1.54) is 0 Å². The van der Waals surface area contributed by atoms with E-state index in [9.17, 15) is 4.79 Å². The van der Waals surface area contributed by atoms with Crippen molar-refractivity contribution in [1.29, 1.82) is 0 Å². The summed E-state index contributed by atoms with van der Waals surface area (Å²) < 4.78 is 6.97. The molecule has 17 heavy (non-hydrogen) atoms. The van der Waals surface area contributed by atoms with Crippen LogP contribution in [0.25, 0.3) is 0 Å². The zero-order valence-electron chi connectivity index (χ0n) is 9.54. The summed E-state index contributed by atoms with van der Waals surface area (Å²) in [5.41, 5.74) is 7.16. The maximum atomic E-state index is 11.2. The number of halogens is 2. The third-order valence-electron chi connectivity index (χ3n) is 2.28. The summed E-state index contributed by atoms with van der Waals surface area (Å²) in [6.07, 6.45) is 1.96. The third-order valence-corrected chi connectivity index (χ3v) is 4.67. The number of nitrogens with two attached hydrogens (primary N) is 1. The van der Waals surface area contributed by atoms with Crippen LogP contribution >= 0.6 is 43.2 Å². The van der Waals surface area contributed by atoms with E-state index < -0.39 is 0 Å². The van der Waals surface area contributed by atoms with E-state index >= 15 is 0 Å². The van der Waals surface area contributed by atoms with Gasteiger partial charge in [-0.1, -0.05) is 0 Å². The summed E-state index contributed by atoms with van der Waals surface area (Å²) >= 11 is 8.51. The van der Waals surface area contributed by atoms with Gasteiger partial charge in [-0.2, -0.15) is 0 Å². The fourth-order valence-corrected chi connectivity index (χ4v) is 4.46. The summed E-state index contributed by atoms with van der Waals surface area (Å²) in [4.78, 5) is 11.2. The Morgan fingerprint density at radius 1 is 1.59 bits per heavy atom. The first-order chi connectivity index (χ1) is 8.04. The molecule has 0 radical (unpaired) electrons. The van der Waals surface area contributed by atoms with Crippen LogP contribution in [0.4, 0.5) is 0 Å². The lowest BCUT2D eigenvalue weighted by atomic mass is 10.1. The molecule has 0 amide bonds. The molecule has 1 atom stereocenters. The van der Waals surface area contributed by atoms with Gasteiger partial charge in [0.25, 0.3) is 0 Å². The highest BCUT2D eigenvalue weighted by Crippen LogP contribution is 2.36. The van der Waals surface area contributed by atoms with Crippen LogP contribution in [0.15, 0.2) is 13.6 Å². The van der Waals surface area contributed by atoms with Crippen LogP contribution in [-0.4, -0.2) is 12.6 Å². The van der Waals surface area contributed by atoms with Gasteiger partial charge in [0, 0.05) is 12.5 Å². The Labute approximate surface area is 122 Å². The van der Waals surface area contributed by atoms with Crippen molar-refractivity contribution < 1.29 is 9.53 Å². The molecule has 1 aromatic heterocycles. The molecule has 1 unspecified atom stereocenters. The lowest BCUT2D eigenvalue weighted by Gasteiger charge is -2.10. The Balaban J connectivity index is 2.37. The minimum Gasteiger partial charge on any atom is -0.466 e. The molecule has 96 valence electrons. The minimum absolute atomic E-state index is 0.0404. The standard InChI is InChI=1S/C11H15Br2NO2S/c1-2-16-10(15)5-3-4-8(14)7-6-9(12)17-11(7)13/h6,8H,2-5,14H2,1H3. The number of esters is 1. The predicted molar refractivity (Wildman–Crippen MR) is 77.1 cm³/mol. The molecule has 1 aromatic rings. The highest BCUT2D eigenvalue weighted by Gasteiger charge is 2.13. The molecule has 0 saturated carbocycles. The summed E-state index contributed by atoms with van der Waals surface area (Å²) in [6.45, 7) is 2.25. The summed E-state index contributed by atoms with van der Waals surface area (Å²) in [5, 5.41) is 0. The highest BCUT2D eigenvalue weighted by molar-refractivity contribution is 9.12. The van der Waals surface area contributed by atoms with Gasteiger partial charge in [-0.3, -0.25) is 4.79 Å². The van der Waals surface area contributed by atoms with E-state index in [0.29, 0.717) is 13.0 Å².